The number of carbonyl (C=O) groups is 1. The first-order valence-corrected chi connectivity index (χ1v) is 5.31. The standard InChI is InChI=1S/C12H13NO2/c14-8-9-1-3-10(4-2-9)13-6-11-5-12(7-13)15-11/h1-4,8,11-12H,5-7H2. The summed E-state index contributed by atoms with van der Waals surface area (Å²) in [5.41, 5.74) is 1.93. The highest BCUT2D eigenvalue weighted by atomic mass is 16.5. The molecular weight excluding hydrogens is 190 g/mol. The molecule has 3 aliphatic rings. The first-order chi connectivity index (χ1) is 7.35. The van der Waals surface area contributed by atoms with E-state index in [-0.39, 0.29) is 0 Å². The molecule has 0 N–H and O–H groups in total. The normalized spacial score (nSPS) is 28.4. The third-order valence-electron chi connectivity index (χ3n) is 3.15. The van der Waals surface area contributed by atoms with Crippen molar-refractivity contribution in [2.45, 2.75) is 18.6 Å². The van der Waals surface area contributed by atoms with Crippen LogP contribution in [-0.4, -0.2) is 31.6 Å². The Morgan fingerprint density at radius 2 is 1.80 bits per heavy atom. The van der Waals surface area contributed by atoms with E-state index in [0.717, 1.165) is 24.9 Å². The number of ether oxygens (including phenoxy) is 1. The molecule has 0 spiro atoms. The molecule has 0 aromatic heterocycles. The van der Waals surface area contributed by atoms with Gasteiger partial charge in [-0.25, -0.2) is 0 Å². The molecule has 3 fully saturated rings. The minimum Gasteiger partial charge on any atom is -0.371 e. The van der Waals surface area contributed by atoms with Crippen LogP contribution in [0.25, 0.3) is 0 Å². The molecule has 1 aromatic carbocycles. The van der Waals surface area contributed by atoms with Crippen molar-refractivity contribution < 1.29 is 9.53 Å². The van der Waals surface area contributed by atoms with Gasteiger partial charge in [0.25, 0.3) is 0 Å². The van der Waals surface area contributed by atoms with E-state index in [1.807, 2.05) is 24.3 Å². The molecule has 0 radical (unpaired) electrons. The van der Waals surface area contributed by atoms with Gasteiger partial charge in [0.05, 0.1) is 12.2 Å². The van der Waals surface area contributed by atoms with Gasteiger partial charge in [-0.05, 0) is 24.3 Å². The number of hydrogen-bond acceptors (Lipinski definition) is 3. The molecule has 78 valence electrons. The maximum atomic E-state index is 10.5. The number of aldehydes is 1. The van der Waals surface area contributed by atoms with Crippen LogP contribution >= 0.6 is 0 Å². The predicted octanol–water partition coefficient (Wildman–Crippen LogP) is 1.48. The molecule has 2 unspecified atom stereocenters. The summed E-state index contributed by atoms with van der Waals surface area (Å²) in [6, 6.07) is 7.75. The van der Waals surface area contributed by atoms with Crippen LogP contribution in [0.5, 0.6) is 0 Å². The minimum absolute atomic E-state index is 0.425. The van der Waals surface area contributed by atoms with Crippen LogP contribution in [0.1, 0.15) is 16.8 Å². The van der Waals surface area contributed by atoms with E-state index >= 15 is 0 Å². The minimum atomic E-state index is 0.425. The number of benzene rings is 1. The van der Waals surface area contributed by atoms with Crippen molar-refractivity contribution in [3.8, 4) is 0 Å². The van der Waals surface area contributed by atoms with Crippen molar-refractivity contribution in [2.24, 2.45) is 0 Å². The molecule has 3 nitrogen and oxygen atoms in total. The molecule has 0 saturated carbocycles. The highest BCUT2D eigenvalue weighted by Crippen LogP contribution is 2.31. The second kappa shape index (κ2) is 3.35. The van der Waals surface area contributed by atoms with Crippen LogP contribution in [0.15, 0.2) is 24.3 Å². The fraction of sp³-hybridized carbons (Fsp3) is 0.417. The summed E-state index contributed by atoms with van der Waals surface area (Å²) < 4.78 is 5.57. The summed E-state index contributed by atoms with van der Waals surface area (Å²) in [7, 11) is 0. The maximum absolute atomic E-state index is 10.5. The summed E-state index contributed by atoms with van der Waals surface area (Å²) >= 11 is 0. The molecule has 4 rings (SSSR count). The van der Waals surface area contributed by atoms with E-state index in [9.17, 15) is 4.79 Å². The van der Waals surface area contributed by atoms with E-state index < -0.39 is 0 Å². The van der Waals surface area contributed by atoms with Crippen LogP contribution in [0.2, 0.25) is 0 Å². The van der Waals surface area contributed by atoms with Gasteiger partial charge in [0, 0.05) is 30.8 Å². The number of morpholine rings is 1. The molecule has 3 saturated heterocycles. The largest absolute Gasteiger partial charge is 0.371 e. The number of carbonyl (C=O) groups excluding carboxylic acids is 1. The van der Waals surface area contributed by atoms with Gasteiger partial charge in [0.1, 0.15) is 6.29 Å². The average molecular weight is 203 g/mol. The molecule has 0 amide bonds. The summed E-state index contributed by atoms with van der Waals surface area (Å²) in [5.74, 6) is 0. The van der Waals surface area contributed by atoms with Gasteiger partial charge >= 0.3 is 0 Å². The van der Waals surface area contributed by atoms with E-state index in [1.165, 1.54) is 12.1 Å². The molecule has 3 aliphatic heterocycles. The fourth-order valence-electron chi connectivity index (χ4n) is 2.33. The second-order valence-electron chi connectivity index (χ2n) is 4.23. The van der Waals surface area contributed by atoms with E-state index in [2.05, 4.69) is 4.90 Å². The number of nitrogens with zero attached hydrogens (tertiary/aromatic N) is 1. The lowest BCUT2D eigenvalue weighted by atomic mass is 9.98. The summed E-state index contributed by atoms with van der Waals surface area (Å²) in [6.45, 7) is 1.97. The Morgan fingerprint density at radius 3 is 2.33 bits per heavy atom. The van der Waals surface area contributed by atoms with Crippen LogP contribution in [0, 0.1) is 0 Å². The highest BCUT2D eigenvalue weighted by molar-refractivity contribution is 5.75. The smallest absolute Gasteiger partial charge is 0.150 e. The Morgan fingerprint density at radius 1 is 1.20 bits per heavy atom. The molecular formula is C12H13NO2. The maximum Gasteiger partial charge on any atom is 0.150 e. The van der Waals surface area contributed by atoms with E-state index in [1.54, 1.807) is 0 Å². The monoisotopic (exact) mass is 203 g/mol. The van der Waals surface area contributed by atoms with Crippen LogP contribution in [-0.2, 0) is 4.74 Å². The summed E-state index contributed by atoms with van der Waals surface area (Å²) in [6.07, 6.45) is 2.94. The summed E-state index contributed by atoms with van der Waals surface area (Å²) in [5, 5.41) is 0. The Bertz CT molecular complexity index is 358. The molecule has 2 bridgehead atoms. The molecule has 1 aromatic rings. The molecule has 15 heavy (non-hydrogen) atoms. The SMILES string of the molecule is O=Cc1ccc(N2CC3CC(C2)O3)cc1. The summed E-state index contributed by atoms with van der Waals surface area (Å²) in [4.78, 5) is 12.8. The Hall–Kier alpha value is -1.35. The lowest BCUT2D eigenvalue weighted by molar-refractivity contribution is -0.133. The van der Waals surface area contributed by atoms with Crippen molar-refractivity contribution >= 4 is 12.0 Å². The number of piperidine rings is 1. The van der Waals surface area contributed by atoms with Crippen LogP contribution in [0.4, 0.5) is 5.69 Å². The highest BCUT2D eigenvalue weighted by Gasteiger charge is 2.38. The number of anilines is 1. The van der Waals surface area contributed by atoms with Crippen molar-refractivity contribution in [1.82, 2.24) is 0 Å². The van der Waals surface area contributed by atoms with Crippen molar-refractivity contribution in [3.05, 3.63) is 29.8 Å². The molecule has 3 heteroatoms. The second-order valence-corrected chi connectivity index (χ2v) is 4.23. The fourth-order valence-corrected chi connectivity index (χ4v) is 2.33. The van der Waals surface area contributed by atoms with Crippen molar-refractivity contribution in [2.75, 3.05) is 18.0 Å². The van der Waals surface area contributed by atoms with Gasteiger partial charge in [0.15, 0.2) is 0 Å². The average Bonchev–Trinajstić information content (AvgIpc) is 2.28. The third kappa shape index (κ3) is 1.53. The quantitative estimate of drug-likeness (QED) is 0.682. The lowest BCUT2D eigenvalue weighted by Crippen LogP contribution is -2.57. The van der Waals surface area contributed by atoms with E-state index in [0.29, 0.717) is 12.2 Å². The topological polar surface area (TPSA) is 29.5 Å². The first kappa shape index (κ1) is 8.92. The Balaban J connectivity index is 1.77. The van der Waals surface area contributed by atoms with Crippen LogP contribution < -0.4 is 4.90 Å². The van der Waals surface area contributed by atoms with Gasteiger partial charge < -0.3 is 9.64 Å². The Labute approximate surface area is 88.6 Å². The van der Waals surface area contributed by atoms with Gasteiger partial charge in [0.2, 0.25) is 0 Å². The van der Waals surface area contributed by atoms with Crippen molar-refractivity contribution in [3.63, 3.8) is 0 Å². The molecule has 2 atom stereocenters. The van der Waals surface area contributed by atoms with Gasteiger partial charge in [-0.2, -0.15) is 0 Å². The first-order valence-electron chi connectivity index (χ1n) is 5.31. The number of rotatable bonds is 2. The van der Waals surface area contributed by atoms with Crippen LogP contribution in [0.3, 0.4) is 0 Å². The van der Waals surface area contributed by atoms with Gasteiger partial charge in [-0.1, -0.05) is 0 Å². The zero-order valence-corrected chi connectivity index (χ0v) is 8.43. The zero-order chi connectivity index (χ0) is 10.3. The molecule has 0 aliphatic carbocycles. The van der Waals surface area contributed by atoms with Crippen molar-refractivity contribution in [1.29, 1.82) is 0 Å². The third-order valence-corrected chi connectivity index (χ3v) is 3.15. The van der Waals surface area contributed by atoms with E-state index in [4.69, 9.17) is 4.74 Å². The number of hydrogen-bond donors (Lipinski definition) is 0. The predicted molar refractivity (Wildman–Crippen MR) is 57.3 cm³/mol. The Kier molecular flexibility index (Phi) is 1.99. The van der Waals surface area contributed by atoms with Gasteiger partial charge in [-0.15, -0.1) is 0 Å². The zero-order valence-electron chi connectivity index (χ0n) is 8.43. The number of fused-ring (bicyclic) bond motifs is 2. The lowest BCUT2D eigenvalue weighted by Gasteiger charge is -2.48. The van der Waals surface area contributed by atoms with Gasteiger partial charge in [-0.3, -0.25) is 4.79 Å². The molecule has 3 heterocycles.